The van der Waals surface area contributed by atoms with Gasteiger partial charge in [-0.1, -0.05) is 18.2 Å². The number of carbonyl (C=O) groups excluding carboxylic acids is 1. The normalized spacial score (nSPS) is 13.9. The number of benzene rings is 3. The van der Waals surface area contributed by atoms with E-state index in [0.29, 0.717) is 18.7 Å². The van der Waals surface area contributed by atoms with E-state index in [0.717, 1.165) is 34.6 Å². The number of anilines is 1. The van der Waals surface area contributed by atoms with Crippen LogP contribution >= 0.6 is 0 Å². The number of halogens is 1. The molecule has 8 heteroatoms. The van der Waals surface area contributed by atoms with Gasteiger partial charge in [-0.2, -0.15) is 4.31 Å². The van der Waals surface area contributed by atoms with Crippen molar-refractivity contribution in [3.8, 4) is 5.75 Å². The fourth-order valence-electron chi connectivity index (χ4n) is 3.70. The van der Waals surface area contributed by atoms with Crippen LogP contribution in [0, 0.1) is 5.82 Å². The topological polar surface area (TPSA) is 75.7 Å². The molecule has 0 saturated carbocycles. The predicted molar refractivity (Wildman–Crippen MR) is 119 cm³/mol. The number of amides is 1. The molecular formula is C24H23FN2O4S. The highest BCUT2D eigenvalue weighted by atomic mass is 32.2. The Kier molecular flexibility index (Phi) is 6.25. The zero-order chi connectivity index (χ0) is 22.7. The molecule has 1 aliphatic heterocycles. The quantitative estimate of drug-likeness (QED) is 0.615. The van der Waals surface area contributed by atoms with Crippen molar-refractivity contribution in [2.45, 2.75) is 24.3 Å². The first-order chi connectivity index (χ1) is 15.3. The minimum atomic E-state index is -3.73. The maximum absolute atomic E-state index is 13.2. The maximum Gasteiger partial charge on any atom is 0.243 e. The lowest BCUT2D eigenvalue weighted by Crippen LogP contribution is -2.36. The third-order valence-corrected chi connectivity index (χ3v) is 7.30. The number of hydrogen-bond donors (Lipinski definition) is 1. The van der Waals surface area contributed by atoms with Crippen LogP contribution in [0.3, 0.4) is 0 Å². The smallest absolute Gasteiger partial charge is 0.243 e. The Hall–Kier alpha value is -3.23. The van der Waals surface area contributed by atoms with Crippen LogP contribution < -0.4 is 10.1 Å². The molecule has 0 fully saturated rings. The molecule has 1 N–H and O–H groups in total. The monoisotopic (exact) mass is 454 g/mol. The van der Waals surface area contributed by atoms with Crippen molar-refractivity contribution in [1.29, 1.82) is 0 Å². The number of ether oxygens (including phenoxy) is 1. The van der Waals surface area contributed by atoms with Crippen LogP contribution in [-0.2, 0) is 34.2 Å². The van der Waals surface area contributed by atoms with E-state index in [4.69, 9.17) is 4.74 Å². The van der Waals surface area contributed by atoms with E-state index in [2.05, 4.69) is 5.32 Å². The van der Waals surface area contributed by atoms with E-state index >= 15 is 0 Å². The lowest BCUT2D eigenvalue weighted by Gasteiger charge is -2.28. The van der Waals surface area contributed by atoms with Gasteiger partial charge in [-0.05, 0) is 71.6 Å². The molecule has 166 valence electrons. The summed E-state index contributed by atoms with van der Waals surface area (Å²) in [7, 11) is -2.15. The van der Waals surface area contributed by atoms with Gasteiger partial charge >= 0.3 is 0 Å². The fraction of sp³-hybridized carbons (Fsp3) is 0.208. The Balaban J connectivity index is 1.46. The first-order valence-corrected chi connectivity index (χ1v) is 11.6. The molecule has 3 aromatic carbocycles. The Bertz CT molecular complexity index is 1230. The van der Waals surface area contributed by atoms with Gasteiger partial charge in [0.2, 0.25) is 15.9 Å². The van der Waals surface area contributed by atoms with Crippen molar-refractivity contribution in [1.82, 2.24) is 4.31 Å². The molecule has 0 spiro atoms. The highest BCUT2D eigenvalue weighted by Gasteiger charge is 2.28. The summed E-state index contributed by atoms with van der Waals surface area (Å²) in [6.07, 6.45) is 0.780. The van der Waals surface area contributed by atoms with Gasteiger partial charge in [-0.3, -0.25) is 4.79 Å². The van der Waals surface area contributed by atoms with Crippen LogP contribution in [0.1, 0.15) is 16.7 Å². The van der Waals surface area contributed by atoms with Gasteiger partial charge in [0.1, 0.15) is 11.6 Å². The van der Waals surface area contributed by atoms with Gasteiger partial charge in [-0.25, -0.2) is 12.8 Å². The molecule has 0 aliphatic carbocycles. The molecule has 0 bridgehead atoms. The molecule has 1 aliphatic rings. The molecule has 0 unspecified atom stereocenters. The Labute approximate surface area is 186 Å². The van der Waals surface area contributed by atoms with Crippen molar-refractivity contribution in [3.63, 3.8) is 0 Å². The van der Waals surface area contributed by atoms with E-state index in [1.54, 1.807) is 19.2 Å². The maximum atomic E-state index is 13.2. The van der Waals surface area contributed by atoms with E-state index < -0.39 is 15.8 Å². The minimum Gasteiger partial charge on any atom is -0.497 e. The van der Waals surface area contributed by atoms with Gasteiger partial charge in [0.05, 0.1) is 18.4 Å². The number of hydrogen-bond acceptors (Lipinski definition) is 4. The van der Waals surface area contributed by atoms with Crippen LogP contribution in [0.15, 0.2) is 71.6 Å². The third-order valence-electron chi connectivity index (χ3n) is 5.44. The third kappa shape index (κ3) is 4.81. The number of methoxy groups -OCH3 is 1. The lowest BCUT2D eigenvalue weighted by molar-refractivity contribution is -0.115. The molecule has 3 aromatic rings. The van der Waals surface area contributed by atoms with Crippen LogP contribution in [0.4, 0.5) is 10.1 Å². The molecule has 1 amide bonds. The highest BCUT2D eigenvalue weighted by Crippen LogP contribution is 2.27. The van der Waals surface area contributed by atoms with E-state index in [9.17, 15) is 17.6 Å². The van der Waals surface area contributed by atoms with Crippen LogP contribution in [0.2, 0.25) is 0 Å². The summed E-state index contributed by atoms with van der Waals surface area (Å²) in [5.74, 6) is 0.0775. The van der Waals surface area contributed by atoms with Crippen molar-refractivity contribution in [3.05, 3.63) is 89.2 Å². The van der Waals surface area contributed by atoms with Crippen molar-refractivity contribution in [2.24, 2.45) is 0 Å². The molecule has 6 nitrogen and oxygen atoms in total. The van der Waals surface area contributed by atoms with Gasteiger partial charge in [-0.15, -0.1) is 0 Å². The summed E-state index contributed by atoms with van der Waals surface area (Å²) < 4.78 is 45.6. The van der Waals surface area contributed by atoms with E-state index in [-0.39, 0.29) is 23.8 Å². The lowest BCUT2D eigenvalue weighted by atomic mass is 10.0. The number of fused-ring (bicyclic) bond motifs is 1. The fourth-order valence-corrected chi connectivity index (χ4v) is 5.12. The molecule has 0 saturated heterocycles. The van der Waals surface area contributed by atoms with Crippen molar-refractivity contribution < 1.29 is 22.3 Å². The molecule has 1 heterocycles. The van der Waals surface area contributed by atoms with E-state index in [1.807, 2.05) is 30.3 Å². The summed E-state index contributed by atoms with van der Waals surface area (Å²) in [5.41, 5.74) is 3.36. The highest BCUT2D eigenvalue weighted by molar-refractivity contribution is 7.89. The summed E-state index contributed by atoms with van der Waals surface area (Å²) in [6.45, 7) is 0.535. The minimum absolute atomic E-state index is 0.0614. The number of carbonyl (C=O) groups is 1. The second-order valence-electron chi connectivity index (χ2n) is 7.60. The average molecular weight is 455 g/mol. The van der Waals surface area contributed by atoms with Gasteiger partial charge in [0, 0.05) is 18.8 Å². The summed E-state index contributed by atoms with van der Waals surface area (Å²) in [6, 6.07) is 17.7. The Morgan fingerprint density at radius 3 is 2.44 bits per heavy atom. The van der Waals surface area contributed by atoms with E-state index in [1.165, 1.54) is 16.4 Å². The zero-order valence-corrected chi connectivity index (χ0v) is 18.4. The molecule has 0 aromatic heterocycles. The number of nitrogens with one attached hydrogen (secondary N) is 1. The summed E-state index contributed by atoms with van der Waals surface area (Å²) in [5, 5.41) is 2.88. The SMILES string of the molecule is COc1ccc(CC(=O)Nc2ccc3c(c2)CN(S(=O)(=O)c2ccc(F)cc2)CC3)cc1. The van der Waals surface area contributed by atoms with Crippen LogP contribution in [0.25, 0.3) is 0 Å². The Morgan fingerprint density at radius 1 is 1.03 bits per heavy atom. The summed E-state index contributed by atoms with van der Waals surface area (Å²) >= 11 is 0. The summed E-state index contributed by atoms with van der Waals surface area (Å²) in [4.78, 5) is 12.5. The first-order valence-electron chi connectivity index (χ1n) is 10.2. The van der Waals surface area contributed by atoms with Crippen LogP contribution in [-0.4, -0.2) is 32.3 Å². The zero-order valence-electron chi connectivity index (χ0n) is 17.5. The largest absolute Gasteiger partial charge is 0.497 e. The van der Waals surface area contributed by atoms with Crippen molar-refractivity contribution >= 4 is 21.6 Å². The van der Waals surface area contributed by atoms with Crippen molar-refractivity contribution in [2.75, 3.05) is 19.0 Å². The first kappa shape index (κ1) is 22.0. The van der Waals surface area contributed by atoms with Gasteiger partial charge in [0.25, 0.3) is 0 Å². The molecule has 0 radical (unpaired) electrons. The molecule has 32 heavy (non-hydrogen) atoms. The van der Waals surface area contributed by atoms with Gasteiger partial charge in [0.15, 0.2) is 0 Å². The second-order valence-corrected chi connectivity index (χ2v) is 9.54. The molecule has 0 atom stereocenters. The Morgan fingerprint density at radius 2 is 1.75 bits per heavy atom. The molecule has 4 rings (SSSR count). The second kappa shape index (κ2) is 9.10. The average Bonchev–Trinajstić information content (AvgIpc) is 2.79. The molecular weight excluding hydrogens is 431 g/mol. The standard InChI is InChI=1S/C24H23FN2O4S/c1-31-22-8-2-17(3-9-22)14-24(28)26-21-7-4-18-12-13-27(16-19(18)15-21)32(29,30)23-10-5-20(25)6-11-23/h2-11,15H,12-14,16H2,1H3,(H,26,28). The number of rotatable bonds is 6. The number of nitrogens with zero attached hydrogens (tertiary/aromatic N) is 1. The number of sulfonamides is 1. The van der Waals surface area contributed by atoms with Crippen LogP contribution in [0.5, 0.6) is 5.75 Å². The van der Waals surface area contributed by atoms with Gasteiger partial charge < -0.3 is 10.1 Å². The predicted octanol–water partition coefficient (Wildman–Crippen LogP) is 3.76.